The van der Waals surface area contributed by atoms with E-state index in [0.717, 1.165) is 24.2 Å². The molecule has 4 atom stereocenters. The maximum absolute atomic E-state index is 12.0. The van der Waals surface area contributed by atoms with Crippen molar-refractivity contribution in [3.05, 3.63) is 35.4 Å². The first-order valence-corrected chi connectivity index (χ1v) is 11.4. The van der Waals surface area contributed by atoms with Crippen LogP contribution >= 0.6 is 0 Å². The van der Waals surface area contributed by atoms with Crippen LogP contribution in [0.5, 0.6) is 0 Å². The monoisotopic (exact) mass is 382 g/mol. The van der Waals surface area contributed by atoms with Gasteiger partial charge in [-0.1, -0.05) is 30.7 Å². The van der Waals surface area contributed by atoms with E-state index in [9.17, 15) is 4.79 Å². The maximum atomic E-state index is 12.0. The molecule has 0 unspecified atom stereocenters. The Balaban J connectivity index is 1.25. The van der Waals surface area contributed by atoms with Gasteiger partial charge in [0.1, 0.15) is 0 Å². The smallest absolute Gasteiger partial charge is 0.407 e. The van der Waals surface area contributed by atoms with Crippen molar-refractivity contribution in [1.29, 1.82) is 0 Å². The standard InChI is InChI=1S/C24H34N2O2/c1-2-28-23(27)25-22-15-24(21-6-4-3-5-20(21)22)9-11-26(12-10-24)16-19-14-17-7-8-18(19)13-17/h3-6,17-19,22H,2,7-16H2,1H3,(H,25,27)/t17-,18-,19+,22-/m0/s1. The Morgan fingerprint density at radius 3 is 2.75 bits per heavy atom. The number of carbonyl (C=O) groups excluding carboxylic acids is 1. The van der Waals surface area contributed by atoms with Crippen molar-refractivity contribution in [1.82, 2.24) is 10.2 Å². The van der Waals surface area contributed by atoms with Crippen LogP contribution in [0.1, 0.15) is 69.0 Å². The summed E-state index contributed by atoms with van der Waals surface area (Å²) in [5, 5.41) is 3.12. The van der Waals surface area contributed by atoms with E-state index in [0.29, 0.717) is 6.61 Å². The van der Waals surface area contributed by atoms with E-state index in [4.69, 9.17) is 4.74 Å². The number of fused-ring (bicyclic) bond motifs is 4. The number of piperidine rings is 1. The van der Waals surface area contributed by atoms with Crippen molar-refractivity contribution in [3.8, 4) is 0 Å². The molecule has 1 saturated heterocycles. The van der Waals surface area contributed by atoms with Gasteiger partial charge >= 0.3 is 6.09 Å². The number of benzene rings is 1. The van der Waals surface area contributed by atoms with E-state index in [2.05, 4.69) is 34.5 Å². The number of amides is 1. The molecule has 0 aromatic heterocycles. The van der Waals surface area contributed by atoms with Crippen LogP contribution in [0.3, 0.4) is 0 Å². The molecular formula is C24H34N2O2. The third-order valence-corrected chi connectivity index (χ3v) is 8.26. The second-order valence-corrected chi connectivity index (χ2v) is 9.72. The number of carbonyl (C=O) groups is 1. The molecule has 4 nitrogen and oxygen atoms in total. The zero-order valence-electron chi connectivity index (χ0n) is 17.2. The van der Waals surface area contributed by atoms with E-state index in [1.807, 2.05) is 6.92 Å². The Bertz CT molecular complexity index is 725. The van der Waals surface area contributed by atoms with Gasteiger partial charge in [-0.05, 0) is 87.4 Å². The third-order valence-electron chi connectivity index (χ3n) is 8.26. The van der Waals surface area contributed by atoms with Gasteiger partial charge in [-0.2, -0.15) is 0 Å². The van der Waals surface area contributed by atoms with Crippen molar-refractivity contribution in [2.75, 3.05) is 26.2 Å². The molecule has 2 bridgehead atoms. The zero-order valence-corrected chi connectivity index (χ0v) is 17.2. The van der Waals surface area contributed by atoms with Crippen LogP contribution in [-0.2, 0) is 10.2 Å². The first-order chi connectivity index (χ1) is 13.7. The van der Waals surface area contributed by atoms with Gasteiger partial charge in [0.2, 0.25) is 0 Å². The van der Waals surface area contributed by atoms with Gasteiger partial charge < -0.3 is 15.0 Å². The highest BCUT2D eigenvalue weighted by Gasteiger charge is 2.47. The van der Waals surface area contributed by atoms with Gasteiger partial charge in [0.05, 0.1) is 12.6 Å². The van der Waals surface area contributed by atoms with Crippen LogP contribution in [0.15, 0.2) is 24.3 Å². The number of alkyl carbamates (subject to hydrolysis) is 1. The van der Waals surface area contributed by atoms with Gasteiger partial charge in [-0.15, -0.1) is 0 Å². The number of likely N-dealkylation sites (tertiary alicyclic amines) is 1. The quantitative estimate of drug-likeness (QED) is 0.824. The van der Waals surface area contributed by atoms with E-state index in [1.54, 1.807) is 0 Å². The molecule has 1 aliphatic heterocycles. The number of nitrogens with zero attached hydrogens (tertiary/aromatic N) is 1. The highest BCUT2D eigenvalue weighted by molar-refractivity contribution is 5.68. The number of rotatable bonds is 4. The Morgan fingerprint density at radius 1 is 1.21 bits per heavy atom. The fourth-order valence-electron chi connectivity index (χ4n) is 6.91. The molecule has 4 heteroatoms. The van der Waals surface area contributed by atoms with Crippen LogP contribution in [0, 0.1) is 17.8 Å². The van der Waals surface area contributed by atoms with Crippen molar-refractivity contribution >= 4 is 6.09 Å². The summed E-state index contributed by atoms with van der Waals surface area (Å²) in [6.45, 7) is 6.00. The predicted octanol–water partition coefficient (Wildman–Crippen LogP) is 4.65. The lowest BCUT2D eigenvalue weighted by Gasteiger charge is -2.42. The van der Waals surface area contributed by atoms with E-state index >= 15 is 0 Å². The number of hydrogen-bond donors (Lipinski definition) is 1. The Labute approximate surface area is 169 Å². The summed E-state index contributed by atoms with van der Waals surface area (Å²) in [5.41, 5.74) is 3.00. The molecule has 28 heavy (non-hydrogen) atoms. The topological polar surface area (TPSA) is 41.6 Å². The Hall–Kier alpha value is -1.55. The molecule has 1 spiro atoms. The lowest BCUT2D eigenvalue weighted by molar-refractivity contribution is 0.116. The largest absolute Gasteiger partial charge is 0.450 e. The first kappa shape index (κ1) is 18.5. The normalized spacial score (nSPS) is 33.2. The molecule has 152 valence electrons. The summed E-state index contributed by atoms with van der Waals surface area (Å²) in [5.74, 6) is 3.02. The summed E-state index contributed by atoms with van der Waals surface area (Å²) in [7, 11) is 0. The minimum absolute atomic E-state index is 0.0902. The maximum Gasteiger partial charge on any atom is 0.407 e. The van der Waals surface area contributed by atoms with Crippen LogP contribution in [0.2, 0.25) is 0 Å². The summed E-state index contributed by atoms with van der Waals surface area (Å²) in [6.07, 6.45) is 9.15. The van der Waals surface area contributed by atoms with Crippen LogP contribution < -0.4 is 5.32 Å². The number of hydrogen-bond acceptors (Lipinski definition) is 3. The van der Waals surface area contributed by atoms with Crippen molar-refractivity contribution in [3.63, 3.8) is 0 Å². The minimum atomic E-state index is -0.284. The second-order valence-electron chi connectivity index (χ2n) is 9.72. The first-order valence-electron chi connectivity index (χ1n) is 11.4. The van der Waals surface area contributed by atoms with Gasteiger partial charge in [-0.25, -0.2) is 4.79 Å². The van der Waals surface area contributed by atoms with Crippen LogP contribution in [0.25, 0.3) is 0 Å². The molecule has 1 N–H and O–H groups in total. The summed E-state index contributed by atoms with van der Waals surface area (Å²) >= 11 is 0. The van der Waals surface area contributed by atoms with Crippen molar-refractivity contribution in [2.45, 2.75) is 63.3 Å². The Morgan fingerprint density at radius 2 is 2.04 bits per heavy atom. The van der Waals surface area contributed by atoms with Crippen LogP contribution in [0.4, 0.5) is 4.79 Å². The van der Waals surface area contributed by atoms with E-state index < -0.39 is 0 Å². The molecule has 0 radical (unpaired) electrons. The summed E-state index contributed by atoms with van der Waals surface area (Å²) < 4.78 is 5.15. The zero-order chi connectivity index (χ0) is 19.1. The molecule has 1 aromatic rings. The molecule has 3 fully saturated rings. The second kappa shape index (κ2) is 7.37. The molecule has 2 saturated carbocycles. The lowest BCUT2D eigenvalue weighted by Crippen LogP contribution is -2.44. The fraction of sp³-hybridized carbons (Fsp3) is 0.708. The third kappa shape index (κ3) is 3.24. The average molecular weight is 383 g/mol. The molecule has 1 amide bonds. The number of nitrogens with one attached hydrogen (secondary N) is 1. The van der Waals surface area contributed by atoms with Gasteiger partial charge in [0, 0.05) is 12.0 Å². The van der Waals surface area contributed by atoms with Crippen molar-refractivity contribution in [2.24, 2.45) is 17.8 Å². The lowest BCUT2D eigenvalue weighted by atomic mass is 9.73. The van der Waals surface area contributed by atoms with Gasteiger partial charge in [0.15, 0.2) is 0 Å². The highest BCUT2D eigenvalue weighted by Crippen LogP contribution is 2.52. The Kier molecular flexibility index (Phi) is 4.86. The van der Waals surface area contributed by atoms with Crippen LogP contribution in [-0.4, -0.2) is 37.2 Å². The SMILES string of the molecule is CCOC(=O)N[C@H]1CC2(CCN(C[C@H]3C[C@H]4CC[C@H]3C4)CC2)c2ccccc21. The van der Waals surface area contributed by atoms with Gasteiger partial charge in [0.25, 0.3) is 0 Å². The molecule has 1 aromatic carbocycles. The summed E-state index contributed by atoms with van der Waals surface area (Å²) in [6, 6.07) is 8.85. The van der Waals surface area contributed by atoms with E-state index in [1.165, 1.54) is 69.3 Å². The minimum Gasteiger partial charge on any atom is -0.450 e. The van der Waals surface area contributed by atoms with Gasteiger partial charge in [-0.3, -0.25) is 0 Å². The predicted molar refractivity (Wildman–Crippen MR) is 110 cm³/mol. The summed E-state index contributed by atoms with van der Waals surface area (Å²) in [4.78, 5) is 14.8. The molecule has 4 aliphatic rings. The molecule has 1 heterocycles. The molecular weight excluding hydrogens is 348 g/mol. The fourth-order valence-corrected chi connectivity index (χ4v) is 6.91. The molecule has 5 rings (SSSR count). The van der Waals surface area contributed by atoms with E-state index in [-0.39, 0.29) is 17.6 Å². The average Bonchev–Trinajstić information content (AvgIpc) is 3.39. The number of ether oxygens (including phenoxy) is 1. The highest BCUT2D eigenvalue weighted by atomic mass is 16.5. The van der Waals surface area contributed by atoms with Crippen molar-refractivity contribution < 1.29 is 9.53 Å². The molecule has 3 aliphatic carbocycles.